The molecule has 2 atom stereocenters. The van der Waals surface area contributed by atoms with Crippen LogP contribution in [0.2, 0.25) is 0 Å². The molecule has 0 spiro atoms. The van der Waals surface area contributed by atoms with Gasteiger partial charge in [0.25, 0.3) is 0 Å². The van der Waals surface area contributed by atoms with Crippen molar-refractivity contribution >= 4 is 23.5 Å². The van der Waals surface area contributed by atoms with Crippen LogP contribution in [0, 0.1) is 0 Å². The summed E-state index contributed by atoms with van der Waals surface area (Å²) in [6.07, 6.45) is 2.20. The van der Waals surface area contributed by atoms with E-state index in [2.05, 4.69) is 5.32 Å². The molecule has 0 saturated carbocycles. The number of carbonyl (C=O) groups excluding carboxylic acids is 1. The van der Waals surface area contributed by atoms with Gasteiger partial charge in [0.05, 0.1) is 12.2 Å². The zero-order chi connectivity index (χ0) is 13.8. The molecule has 1 aromatic carbocycles. The van der Waals surface area contributed by atoms with Gasteiger partial charge in [0, 0.05) is 23.7 Å². The normalized spacial score (nSPS) is 23.2. The Balaban J connectivity index is 2.00. The molecular weight excluding hydrogens is 260 g/mol. The smallest absolute Gasteiger partial charge is 0.322 e. The van der Waals surface area contributed by atoms with E-state index in [1.54, 1.807) is 11.8 Å². The van der Waals surface area contributed by atoms with Gasteiger partial charge in [-0.3, -0.25) is 0 Å². The lowest BCUT2D eigenvalue weighted by atomic mass is 10.2. The van der Waals surface area contributed by atoms with Crippen LogP contribution in [-0.2, 0) is 4.74 Å². The number of morpholine rings is 1. The van der Waals surface area contributed by atoms with Gasteiger partial charge >= 0.3 is 6.03 Å². The number of rotatable bonds is 2. The minimum atomic E-state index is -0.0553. The van der Waals surface area contributed by atoms with Crippen LogP contribution in [0.3, 0.4) is 0 Å². The van der Waals surface area contributed by atoms with Gasteiger partial charge in [-0.1, -0.05) is 6.07 Å². The molecule has 2 rings (SSSR count). The Morgan fingerprint density at radius 1 is 1.37 bits per heavy atom. The third-order valence-corrected chi connectivity index (χ3v) is 3.75. The van der Waals surface area contributed by atoms with Crippen LogP contribution < -0.4 is 5.32 Å². The number of carbonyl (C=O) groups is 1. The van der Waals surface area contributed by atoms with Gasteiger partial charge in [-0.15, -0.1) is 11.8 Å². The second kappa shape index (κ2) is 6.30. The highest BCUT2D eigenvalue weighted by molar-refractivity contribution is 7.98. The van der Waals surface area contributed by atoms with Crippen LogP contribution in [0.5, 0.6) is 0 Å². The van der Waals surface area contributed by atoms with Crippen LogP contribution in [0.1, 0.15) is 13.8 Å². The SMILES string of the molecule is CSc1cccc(NC(=O)N2C[C@@H](C)O[C@@H](C)C2)c1. The molecule has 1 aromatic rings. The monoisotopic (exact) mass is 280 g/mol. The van der Waals surface area contributed by atoms with E-state index in [0.29, 0.717) is 13.1 Å². The molecule has 104 valence electrons. The van der Waals surface area contributed by atoms with Gasteiger partial charge < -0.3 is 15.0 Å². The first-order chi connectivity index (χ1) is 9.08. The minimum absolute atomic E-state index is 0.0553. The average Bonchev–Trinajstić information content (AvgIpc) is 2.37. The Labute approximate surface area is 118 Å². The first-order valence-corrected chi connectivity index (χ1v) is 7.66. The second-order valence-corrected chi connectivity index (χ2v) is 5.70. The number of nitrogens with zero attached hydrogens (tertiary/aromatic N) is 1. The largest absolute Gasteiger partial charge is 0.372 e. The quantitative estimate of drug-likeness (QED) is 0.847. The van der Waals surface area contributed by atoms with Crippen molar-refractivity contribution in [2.45, 2.75) is 31.0 Å². The van der Waals surface area contributed by atoms with Gasteiger partial charge in [0.1, 0.15) is 0 Å². The fourth-order valence-electron chi connectivity index (χ4n) is 2.25. The molecule has 1 aliphatic rings. The Kier molecular flexibility index (Phi) is 4.71. The number of hydrogen-bond acceptors (Lipinski definition) is 3. The van der Waals surface area contributed by atoms with Crippen molar-refractivity contribution in [2.75, 3.05) is 24.7 Å². The second-order valence-electron chi connectivity index (χ2n) is 4.82. The van der Waals surface area contributed by atoms with Crippen molar-refractivity contribution in [3.63, 3.8) is 0 Å². The number of urea groups is 1. The third-order valence-electron chi connectivity index (χ3n) is 3.03. The molecule has 0 unspecified atom stereocenters. The molecule has 0 aliphatic carbocycles. The van der Waals surface area contributed by atoms with Crippen LogP contribution in [-0.4, -0.2) is 42.5 Å². The Hall–Kier alpha value is -1.20. The third kappa shape index (κ3) is 3.88. The fourth-order valence-corrected chi connectivity index (χ4v) is 2.71. The molecule has 2 amide bonds. The first kappa shape index (κ1) is 14.2. The maximum atomic E-state index is 12.2. The van der Waals surface area contributed by atoms with E-state index >= 15 is 0 Å². The molecule has 1 aliphatic heterocycles. The predicted octanol–water partition coefficient (Wildman–Crippen LogP) is 3.05. The molecular formula is C14H20N2O2S. The molecule has 1 saturated heterocycles. The maximum absolute atomic E-state index is 12.2. The summed E-state index contributed by atoms with van der Waals surface area (Å²) in [7, 11) is 0. The highest BCUT2D eigenvalue weighted by Crippen LogP contribution is 2.20. The molecule has 1 fully saturated rings. The fraction of sp³-hybridized carbons (Fsp3) is 0.500. The number of hydrogen-bond donors (Lipinski definition) is 1. The van der Waals surface area contributed by atoms with Crippen LogP contribution >= 0.6 is 11.8 Å². The number of thioether (sulfide) groups is 1. The van der Waals surface area contributed by atoms with Crippen LogP contribution in [0.15, 0.2) is 29.2 Å². The average molecular weight is 280 g/mol. The molecule has 5 heteroatoms. The highest BCUT2D eigenvalue weighted by Gasteiger charge is 2.25. The zero-order valence-corrected chi connectivity index (χ0v) is 12.4. The molecule has 19 heavy (non-hydrogen) atoms. The molecule has 4 nitrogen and oxygen atoms in total. The molecule has 1 N–H and O–H groups in total. The van der Waals surface area contributed by atoms with E-state index in [9.17, 15) is 4.79 Å². The summed E-state index contributed by atoms with van der Waals surface area (Å²) in [4.78, 5) is 15.2. The lowest BCUT2D eigenvalue weighted by Crippen LogP contribution is -2.49. The molecule has 0 radical (unpaired) electrons. The van der Waals surface area contributed by atoms with Gasteiger partial charge in [0.2, 0.25) is 0 Å². The first-order valence-electron chi connectivity index (χ1n) is 6.44. The number of amides is 2. The lowest BCUT2D eigenvalue weighted by Gasteiger charge is -2.35. The number of benzene rings is 1. The van der Waals surface area contributed by atoms with Crippen LogP contribution in [0.25, 0.3) is 0 Å². The summed E-state index contributed by atoms with van der Waals surface area (Å²) < 4.78 is 5.63. The minimum Gasteiger partial charge on any atom is -0.372 e. The van der Waals surface area contributed by atoms with Gasteiger partial charge in [-0.2, -0.15) is 0 Å². The van der Waals surface area contributed by atoms with Crippen molar-refractivity contribution in [2.24, 2.45) is 0 Å². The van der Waals surface area contributed by atoms with Crippen molar-refractivity contribution in [3.05, 3.63) is 24.3 Å². The Morgan fingerprint density at radius 2 is 2.05 bits per heavy atom. The Morgan fingerprint density at radius 3 is 2.68 bits per heavy atom. The van der Waals surface area contributed by atoms with E-state index in [-0.39, 0.29) is 18.2 Å². The summed E-state index contributed by atoms with van der Waals surface area (Å²) in [6, 6.07) is 7.81. The van der Waals surface area contributed by atoms with E-state index in [1.807, 2.05) is 49.3 Å². The topological polar surface area (TPSA) is 41.6 Å². The predicted molar refractivity (Wildman–Crippen MR) is 78.8 cm³/mol. The highest BCUT2D eigenvalue weighted by atomic mass is 32.2. The molecule has 0 aromatic heterocycles. The van der Waals surface area contributed by atoms with Crippen molar-refractivity contribution in [3.8, 4) is 0 Å². The standard InChI is InChI=1S/C14H20N2O2S/c1-10-8-16(9-11(2)18-10)14(17)15-12-5-4-6-13(7-12)19-3/h4-7,10-11H,8-9H2,1-3H3,(H,15,17)/t10-,11+. The lowest BCUT2D eigenvalue weighted by molar-refractivity contribution is -0.0530. The summed E-state index contributed by atoms with van der Waals surface area (Å²) in [5, 5.41) is 2.95. The summed E-state index contributed by atoms with van der Waals surface area (Å²) in [6.45, 7) is 5.26. The van der Waals surface area contributed by atoms with E-state index in [1.165, 1.54) is 0 Å². The van der Waals surface area contributed by atoms with Crippen molar-refractivity contribution in [1.29, 1.82) is 0 Å². The number of anilines is 1. The molecule has 1 heterocycles. The van der Waals surface area contributed by atoms with E-state index in [4.69, 9.17) is 4.74 Å². The van der Waals surface area contributed by atoms with E-state index in [0.717, 1.165) is 10.6 Å². The summed E-state index contributed by atoms with van der Waals surface area (Å²) in [5.74, 6) is 0. The number of ether oxygens (including phenoxy) is 1. The van der Waals surface area contributed by atoms with Crippen molar-refractivity contribution < 1.29 is 9.53 Å². The maximum Gasteiger partial charge on any atom is 0.322 e. The van der Waals surface area contributed by atoms with Crippen molar-refractivity contribution in [1.82, 2.24) is 4.90 Å². The summed E-state index contributed by atoms with van der Waals surface area (Å²) >= 11 is 1.66. The van der Waals surface area contributed by atoms with Crippen LogP contribution in [0.4, 0.5) is 10.5 Å². The summed E-state index contributed by atoms with van der Waals surface area (Å²) in [5.41, 5.74) is 0.837. The van der Waals surface area contributed by atoms with Gasteiger partial charge in [-0.05, 0) is 38.3 Å². The van der Waals surface area contributed by atoms with E-state index < -0.39 is 0 Å². The zero-order valence-electron chi connectivity index (χ0n) is 11.6. The van der Waals surface area contributed by atoms with Gasteiger partial charge in [-0.25, -0.2) is 4.79 Å². The Bertz CT molecular complexity index is 443. The number of nitrogens with one attached hydrogen (secondary N) is 1. The van der Waals surface area contributed by atoms with Gasteiger partial charge in [0.15, 0.2) is 0 Å². The molecule has 0 bridgehead atoms.